The van der Waals surface area contributed by atoms with Gasteiger partial charge in [-0.3, -0.25) is 14.7 Å². The number of aromatic nitrogens is 2. The highest BCUT2D eigenvalue weighted by molar-refractivity contribution is 7.08. The Hall–Kier alpha value is -4.39. The minimum absolute atomic E-state index is 0.0000405. The molecule has 1 saturated heterocycles. The number of ether oxygens (including phenoxy) is 2. The smallest absolute Gasteiger partial charge is 0.408 e. The van der Waals surface area contributed by atoms with E-state index in [9.17, 15) is 19.5 Å². The van der Waals surface area contributed by atoms with Crippen molar-refractivity contribution in [2.45, 2.75) is 38.5 Å². The van der Waals surface area contributed by atoms with Crippen LogP contribution in [0.25, 0.3) is 22.4 Å². The van der Waals surface area contributed by atoms with Gasteiger partial charge in [0.05, 0.1) is 25.1 Å². The molecule has 13 heteroatoms. The van der Waals surface area contributed by atoms with Gasteiger partial charge < -0.3 is 30.1 Å². The van der Waals surface area contributed by atoms with Crippen molar-refractivity contribution < 1.29 is 29.0 Å². The van der Waals surface area contributed by atoms with Crippen molar-refractivity contribution in [3.05, 3.63) is 76.1 Å². The number of alkyl carbamates (subject to hydrolysis) is 1. The number of anilines is 1. The highest BCUT2D eigenvalue weighted by Gasteiger charge is 2.38. The number of phenols is 1. The lowest BCUT2D eigenvalue weighted by molar-refractivity contribution is -0.148. The zero-order valence-electron chi connectivity index (χ0n) is 24.3. The first-order valence-electron chi connectivity index (χ1n) is 13.8. The molecule has 1 fully saturated rings. The van der Waals surface area contributed by atoms with Crippen LogP contribution in [0.15, 0.2) is 65.5 Å². The van der Waals surface area contributed by atoms with E-state index in [0.29, 0.717) is 27.5 Å². The van der Waals surface area contributed by atoms with Crippen LogP contribution < -0.4 is 10.6 Å². The Morgan fingerprint density at radius 1 is 1.16 bits per heavy atom. The van der Waals surface area contributed by atoms with Crippen LogP contribution in [0, 0.1) is 0 Å². The molecule has 0 radical (unpaired) electrons. The number of benzene rings is 2. The maximum absolute atomic E-state index is 13.8. The number of aromatic amines is 1. The topological polar surface area (TPSA) is 146 Å². The van der Waals surface area contributed by atoms with E-state index in [1.807, 2.05) is 17.5 Å². The van der Waals surface area contributed by atoms with Crippen molar-refractivity contribution in [3.8, 4) is 28.1 Å². The molecule has 0 unspecified atom stereocenters. The van der Waals surface area contributed by atoms with Gasteiger partial charge >= 0.3 is 6.09 Å². The number of nitrogens with one attached hydrogen (secondary N) is 3. The molecular weight excluding hydrogens is 606 g/mol. The number of hydrogen-bond donors (Lipinski definition) is 4. The Morgan fingerprint density at radius 2 is 1.93 bits per heavy atom. The number of amides is 3. The lowest BCUT2D eigenvalue weighted by Gasteiger charge is -2.36. The standard InChI is InChI=1S/C31H32ClN5O6S/c1-31(2,3)43-30(41)35-26(19-10-13-44-17-19)29(40)37-11-12-42-16-24(37)28(39)34-21-7-4-18(5-8-21)23-15-33-36-27(23)22-14-20(32)6-9-25(22)38/h4-10,13-15,17,24,26,38H,11-12,16H2,1-3H3,(H,33,36)(H,34,39)(H,35,41)/t24-,26+/m0/s1. The Labute approximate surface area is 263 Å². The molecule has 0 saturated carbocycles. The Kier molecular flexibility index (Phi) is 9.23. The van der Waals surface area contributed by atoms with E-state index >= 15 is 0 Å². The van der Waals surface area contributed by atoms with Crippen LogP contribution in [0.5, 0.6) is 5.75 Å². The van der Waals surface area contributed by atoms with Gasteiger partial charge in [-0.15, -0.1) is 0 Å². The summed E-state index contributed by atoms with van der Waals surface area (Å²) in [6.07, 6.45) is 0.907. The van der Waals surface area contributed by atoms with Crippen LogP contribution in [0.4, 0.5) is 10.5 Å². The molecule has 1 aliphatic rings. The zero-order valence-corrected chi connectivity index (χ0v) is 25.9. The van der Waals surface area contributed by atoms with E-state index < -0.39 is 35.6 Å². The number of halogens is 1. The molecule has 3 heterocycles. The molecule has 44 heavy (non-hydrogen) atoms. The zero-order chi connectivity index (χ0) is 31.4. The van der Waals surface area contributed by atoms with Crippen LogP contribution in [0.1, 0.15) is 32.4 Å². The van der Waals surface area contributed by atoms with Crippen molar-refractivity contribution in [2.24, 2.45) is 0 Å². The summed E-state index contributed by atoms with van der Waals surface area (Å²) in [6.45, 7) is 5.64. The van der Waals surface area contributed by atoms with Crippen molar-refractivity contribution in [1.29, 1.82) is 0 Å². The van der Waals surface area contributed by atoms with E-state index in [1.54, 1.807) is 62.7 Å². The Morgan fingerprint density at radius 3 is 2.64 bits per heavy atom. The molecule has 4 aromatic rings. The lowest BCUT2D eigenvalue weighted by atomic mass is 10.0. The molecule has 0 spiro atoms. The molecule has 5 rings (SSSR count). The number of hydrogen-bond acceptors (Lipinski definition) is 8. The Balaban J connectivity index is 1.31. The van der Waals surface area contributed by atoms with Gasteiger partial charge in [0.1, 0.15) is 23.4 Å². The first kappa shape index (κ1) is 31.0. The van der Waals surface area contributed by atoms with Crippen molar-refractivity contribution in [1.82, 2.24) is 20.4 Å². The number of nitrogens with zero attached hydrogens (tertiary/aromatic N) is 2. The summed E-state index contributed by atoms with van der Waals surface area (Å²) >= 11 is 7.53. The molecule has 11 nitrogen and oxygen atoms in total. The number of rotatable bonds is 7. The van der Waals surface area contributed by atoms with Gasteiger partial charge in [0.25, 0.3) is 5.91 Å². The van der Waals surface area contributed by atoms with Gasteiger partial charge in [-0.25, -0.2) is 4.79 Å². The van der Waals surface area contributed by atoms with Crippen LogP contribution >= 0.6 is 22.9 Å². The first-order valence-corrected chi connectivity index (χ1v) is 15.2. The van der Waals surface area contributed by atoms with Gasteiger partial charge in [0.15, 0.2) is 0 Å². The highest BCUT2D eigenvalue weighted by Crippen LogP contribution is 2.37. The predicted octanol–water partition coefficient (Wildman–Crippen LogP) is 5.60. The average Bonchev–Trinajstić information content (AvgIpc) is 3.69. The van der Waals surface area contributed by atoms with E-state index in [2.05, 4.69) is 20.8 Å². The summed E-state index contributed by atoms with van der Waals surface area (Å²) < 4.78 is 11.0. The maximum Gasteiger partial charge on any atom is 0.408 e. The summed E-state index contributed by atoms with van der Waals surface area (Å²) in [5.41, 5.74) is 2.97. The number of thiophene rings is 1. The highest BCUT2D eigenvalue weighted by atomic mass is 35.5. The summed E-state index contributed by atoms with van der Waals surface area (Å²) in [4.78, 5) is 41.4. The molecule has 4 N–H and O–H groups in total. The number of phenolic OH excluding ortho intramolecular Hbond substituents is 1. The van der Waals surface area contributed by atoms with Crippen molar-refractivity contribution >= 4 is 46.5 Å². The van der Waals surface area contributed by atoms with Crippen molar-refractivity contribution in [3.63, 3.8) is 0 Å². The quantitative estimate of drug-likeness (QED) is 0.206. The molecule has 2 aromatic heterocycles. The molecule has 2 atom stereocenters. The number of morpholine rings is 1. The lowest BCUT2D eigenvalue weighted by Crippen LogP contribution is -2.57. The van der Waals surface area contributed by atoms with Gasteiger partial charge in [-0.2, -0.15) is 16.4 Å². The number of carbonyl (C=O) groups excluding carboxylic acids is 3. The number of aromatic hydroxyl groups is 1. The monoisotopic (exact) mass is 637 g/mol. The molecule has 0 aliphatic carbocycles. The maximum atomic E-state index is 13.8. The van der Waals surface area contributed by atoms with E-state index in [1.165, 1.54) is 22.3 Å². The molecule has 1 aliphatic heterocycles. The molecule has 3 amide bonds. The van der Waals surface area contributed by atoms with Gasteiger partial charge in [-0.05, 0) is 79.1 Å². The second-order valence-corrected chi connectivity index (χ2v) is 12.4. The van der Waals surface area contributed by atoms with Gasteiger partial charge in [0, 0.05) is 28.4 Å². The van der Waals surface area contributed by atoms with Gasteiger partial charge in [0.2, 0.25) is 5.91 Å². The van der Waals surface area contributed by atoms with Gasteiger partial charge in [-0.1, -0.05) is 23.7 Å². The summed E-state index contributed by atoms with van der Waals surface area (Å²) in [6, 6.07) is 11.6. The van der Waals surface area contributed by atoms with E-state index in [4.69, 9.17) is 21.1 Å². The van der Waals surface area contributed by atoms with Crippen LogP contribution in [0.3, 0.4) is 0 Å². The van der Waals surface area contributed by atoms with E-state index in [-0.39, 0.29) is 25.5 Å². The minimum Gasteiger partial charge on any atom is -0.507 e. The summed E-state index contributed by atoms with van der Waals surface area (Å²) in [5, 5.41) is 27.0. The number of carbonyl (C=O) groups is 3. The fraction of sp³-hybridized carbons (Fsp3) is 0.290. The van der Waals surface area contributed by atoms with Crippen molar-refractivity contribution in [2.75, 3.05) is 25.1 Å². The second-order valence-electron chi connectivity index (χ2n) is 11.1. The fourth-order valence-corrected chi connectivity index (χ4v) is 5.64. The minimum atomic E-state index is -1.04. The third kappa shape index (κ3) is 7.21. The molecule has 230 valence electrons. The van der Waals surface area contributed by atoms with Crippen LogP contribution in [0.2, 0.25) is 5.02 Å². The normalized spacial score (nSPS) is 15.8. The Bertz CT molecular complexity index is 1630. The summed E-state index contributed by atoms with van der Waals surface area (Å²) in [7, 11) is 0. The third-order valence-electron chi connectivity index (χ3n) is 6.83. The average molecular weight is 638 g/mol. The van der Waals surface area contributed by atoms with Crippen LogP contribution in [-0.2, 0) is 19.1 Å². The largest absolute Gasteiger partial charge is 0.507 e. The molecule has 2 aromatic carbocycles. The first-order chi connectivity index (χ1) is 21.0. The van der Waals surface area contributed by atoms with Crippen LogP contribution in [-0.4, -0.2) is 69.5 Å². The third-order valence-corrected chi connectivity index (χ3v) is 7.77. The molecular formula is C31H32ClN5O6S. The second kappa shape index (κ2) is 13.1. The van der Waals surface area contributed by atoms with E-state index in [0.717, 1.165) is 11.1 Å². The fourth-order valence-electron chi connectivity index (χ4n) is 4.78. The molecule has 0 bridgehead atoms. The SMILES string of the molecule is CC(C)(C)OC(=O)N[C@@H](C(=O)N1CCOC[C@H]1C(=O)Nc1ccc(-c2cn[nH]c2-c2cc(Cl)ccc2O)cc1)c1ccsc1. The number of H-pyrrole nitrogens is 1. The summed E-state index contributed by atoms with van der Waals surface area (Å²) in [5.74, 6) is -0.815. The predicted molar refractivity (Wildman–Crippen MR) is 168 cm³/mol.